The van der Waals surface area contributed by atoms with Crippen molar-refractivity contribution in [1.29, 1.82) is 0 Å². The van der Waals surface area contributed by atoms with Gasteiger partial charge in [-0.3, -0.25) is 0 Å². The molecule has 0 aliphatic heterocycles. The van der Waals surface area contributed by atoms with Crippen molar-refractivity contribution < 1.29 is 0 Å². The number of aryl methyl sites for hydroxylation is 1. The van der Waals surface area contributed by atoms with Crippen molar-refractivity contribution in [2.24, 2.45) is 0 Å². The standard InChI is InChI=1S/C17H15ClN2/c1-12-15(13-8-4-2-5-9-13)16(18)20-17(19-12)14-10-6-3-7-11-14/h3-4,6-11H,2,5H2,1H3. The molecule has 0 fully saturated rings. The van der Waals surface area contributed by atoms with E-state index in [1.165, 1.54) is 0 Å². The lowest BCUT2D eigenvalue weighted by Gasteiger charge is -2.12. The fourth-order valence-electron chi connectivity index (χ4n) is 2.38. The molecule has 2 nitrogen and oxygen atoms in total. The molecule has 1 aromatic heterocycles. The Morgan fingerprint density at radius 1 is 1.05 bits per heavy atom. The Labute approximate surface area is 123 Å². The first-order chi connectivity index (χ1) is 9.75. The lowest BCUT2D eigenvalue weighted by atomic mass is 9.99. The van der Waals surface area contributed by atoms with E-state index in [1.807, 2.05) is 37.3 Å². The van der Waals surface area contributed by atoms with Crippen LogP contribution in [-0.2, 0) is 0 Å². The Hall–Kier alpha value is -1.93. The van der Waals surface area contributed by atoms with E-state index in [0.717, 1.165) is 35.2 Å². The van der Waals surface area contributed by atoms with Gasteiger partial charge in [0.2, 0.25) is 0 Å². The van der Waals surface area contributed by atoms with Crippen LogP contribution in [0.1, 0.15) is 24.1 Å². The molecule has 0 bridgehead atoms. The minimum absolute atomic E-state index is 0.522. The van der Waals surface area contributed by atoms with Gasteiger partial charge >= 0.3 is 0 Å². The number of nitrogens with zero attached hydrogens (tertiary/aromatic N) is 2. The van der Waals surface area contributed by atoms with Gasteiger partial charge in [-0.05, 0) is 25.3 Å². The first kappa shape index (κ1) is 13.1. The summed E-state index contributed by atoms with van der Waals surface area (Å²) in [7, 11) is 0. The molecular formula is C17H15ClN2. The van der Waals surface area contributed by atoms with Crippen LogP contribution >= 0.6 is 11.6 Å². The fourth-order valence-corrected chi connectivity index (χ4v) is 2.71. The summed E-state index contributed by atoms with van der Waals surface area (Å²) in [6.07, 6.45) is 8.59. The average Bonchev–Trinajstić information content (AvgIpc) is 2.48. The van der Waals surface area contributed by atoms with Crippen molar-refractivity contribution in [3.8, 4) is 11.4 Å². The molecule has 0 N–H and O–H groups in total. The molecule has 100 valence electrons. The topological polar surface area (TPSA) is 25.8 Å². The molecular weight excluding hydrogens is 268 g/mol. The Kier molecular flexibility index (Phi) is 3.66. The number of aromatic nitrogens is 2. The van der Waals surface area contributed by atoms with Gasteiger partial charge in [0, 0.05) is 11.1 Å². The third-order valence-corrected chi connectivity index (χ3v) is 3.63. The van der Waals surface area contributed by atoms with Crippen LogP contribution in [0.2, 0.25) is 5.15 Å². The van der Waals surface area contributed by atoms with Gasteiger partial charge in [-0.2, -0.15) is 0 Å². The molecule has 1 aliphatic rings. The number of rotatable bonds is 2. The van der Waals surface area contributed by atoms with Crippen LogP contribution in [0.15, 0.2) is 48.6 Å². The number of hydrogen-bond donors (Lipinski definition) is 0. The fraction of sp³-hybridized carbons (Fsp3) is 0.176. The number of hydrogen-bond acceptors (Lipinski definition) is 2. The van der Waals surface area contributed by atoms with Crippen molar-refractivity contribution in [2.45, 2.75) is 19.8 Å². The molecule has 20 heavy (non-hydrogen) atoms. The summed E-state index contributed by atoms with van der Waals surface area (Å²) >= 11 is 6.39. The molecule has 0 saturated carbocycles. The zero-order valence-corrected chi connectivity index (χ0v) is 12.1. The van der Waals surface area contributed by atoms with Crippen LogP contribution in [0.25, 0.3) is 17.0 Å². The second-order valence-corrected chi connectivity index (χ2v) is 5.16. The normalized spacial score (nSPS) is 14.2. The summed E-state index contributed by atoms with van der Waals surface area (Å²) < 4.78 is 0. The van der Waals surface area contributed by atoms with Crippen LogP contribution < -0.4 is 0 Å². The van der Waals surface area contributed by atoms with Gasteiger partial charge < -0.3 is 0 Å². The monoisotopic (exact) mass is 282 g/mol. The van der Waals surface area contributed by atoms with Crippen molar-refractivity contribution in [1.82, 2.24) is 9.97 Å². The lowest BCUT2D eigenvalue weighted by Crippen LogP contribution is -2.00. The molecule has 1 aromatic carbocycles. The molecule has 0 amide bonds. The highest BCUT2D eigenvalue weighted by Gasteiger charge is 2.14. The Morgan fingerprint density at radius 3 is 2.50 bits per heavy atom. The van der Waals surface area contributed by atoms with Crippen LogP contribution in [0.4, 0.5) is 0 Å². The van der Waals surface area contributed by atoms with E-state index < -0.39 is 0 Å². The SMILES string of the molecule is Cc1nc(-c2ccccc2)nc(Cl)c1C1=CCCC=C1. The Bertz CT molecular complexity index is 664. The van der Waals surface area contributed by atoms with Crippen LogP contribution in [-0.4, -0.2) is 9.97 Å². The van der Waals surface area contributed by atoms with Gasteiger partial charge in [-0.1, -0.05) is 60.2 Å². The van der Waals surface area contributed by atoms with Gasteiger partial charge in [0.25, 0.3) is 0 Å². The minimum atomic E-state index is 0.522. The van der Waals surface area contributed by atoms with E-state index in [4.69, 9.17) is 11.6 Å². The molecule has 0 radical (unpaired) electrons. The number of halogens is 1. The van der Waals surface area contributed by atoms with Gasteiger partial charge in [-0.15, -0.1) is 0 Å². The first-order valence-electron chi connectivity index (χ1n) is 6.72. The van der Waals surface area contributed by atoms with Crippen molar-refractivity contribution in [3.05, 3.63) is 65.0 Å². The van der Waals surface area contributed by atoms with E-state index in [2.05, 4.69) is 28.2 Å². The van der Waals surface area contributed by atoms with Crippen molar-refractivity contribution in [2.75, 3.05) is 0 Å². The van der Waals surface area contributed by atoms with E-state index in [-0.39, 0.29) is 0 Å². The van der Waals surface area contributed by atoms with E-state index in [1.54, 1.807) is 0 Å². The summed E-state index contributed by atoms with van der Waals surface area (Å²) in [5, 5.41) is 0.522. The second kappa shape index (κ2) is 5.59. The lowest BCUT2D eigenvalue weighted by molar-refractivity contribution is 1.03. The van der Waals surface area contributed by atoms with E-state index >= 15 is 0 Å². The van der Waals surface area contributed by atoms with Gasteiger partial charge in [-0.25, -0.2) is 9.97 Å². The minimum Gasteiger partial charge on any atom is -0.233 e. The van der Waals surface area contributed by atoms with Gasteiger partial charge in [0.05, 0.1) is 5.69 Å². The molecule has 0 unspecified atom stereocenters. The van der Waals surface area contributed by atoms with Crippen LogP contribution in [0.3, 0.4) is 0 Å². The maximum atomic E-state index is 6.39. The number of benzene rings is 1. The summed E-state index contributed by atoms with van der Waals surface area (Å²) in [6.45, 7) is 1.98. The summed E-state index contributed by atoms with van der Waals surface area (Å²) in [6, 6.07) is 9.91. The van der Waals surface area contributed by atoms with Crippen LogP contribution in [0.5, 0.6) is 0 Å². The Morgan fingerprint density at radius 2 is 1.85 bits per heavy atom. The zero-order valence-electron chi connectivity index (χ0n) is 11.3. The summed E-state index contributed by atoms with van der Waals surface area (Å²) in [4.78, 5) is 9.07. The molecule has 3 rings (SSSR count). The summed E-state index contributed by atoms with van der Waals surface area (Å²) in [5.74, 6) is 0.678. The molecule has 3 heteroatoms. The predicted molar refractivity (Wildman–Crippen MR) is 83.6 cm³/mol. The molecule has 1 aliphatic carbocycles. The molecule has 1 heterocycles. The molecule has 0 atom stereocenters. The maximum absolute atomic E-state index is 6.39. The smallest absolute Gasteiger partial charge is 0.161 e. The molecule has 2 aromatic rings. The van der Waals surface area contributed by atoms with E-state index in [9.17, 15) is 0 Å². The number of allylic oxidation sites excluding steroid dienone is 4. The first-order valence-corrected chi connectivity index (χ1v) is 7.10. The van der Waals surface area contributed by atoms with Gasteiger partial charge in [0.15, 0.2) is 5.82 Å². The third-order valence-electron chi connectivity index (χ3n) is 3.36. The highest BCUT2D eigenvalue weighted by Crippen LogP contribution is 2.30. The average molecular weight is 283 g/mol. The molecule has 0 saturated heterocycles. The van der Waals surface area contributed by atoms with Crippen molar-refractivity contribution >= 4 is 17.2 Å². The highest BCUT2D eigenvalue weighted by molar-refractivity contribution is 6.31. The zero-order chi connectivity index (χ0) is 13.9. The predicted octanol–water partition coefficient (Wildman–Crippen LogP) is 4.84. The third kappa shape index (κ3) is 2.52. The quantitative estimate of drug-likeness (QED) is 0.737. The van der Waals surface area contributed by atoms with Gasteiger partial charge in [0.1, 0.15) is 5.15 Å². The highest BCUT2D eigenvalue weighted by atomic mass is 35.5. The largest absolute Gasteiger partial charge is 0.233 e. The molecule has 0 spiro atoms. The summed E-state index contributed by atoms with van der Waals surface area (Å²) in [5.41, 5.74) is 3.97. The van der Waals surface area contributed by atoms with Crippen molar-refractivity contribution in [3.63, 3.8) is 0 Å². The Balaban J connectivity index is 2.08. The second-order valence-electron chi connectivity index (χ2n) is 4.80. The van der Waals surface area contributed by atoms with Crippen LogP contribution in [0, 0.1) is 6.92 Å². The van der Waals surface area contributed by atoms with E-state index in [0.29, 0.717) is 11.0 Å². The maximum Gasteiger partial charge on any atom is 0.161 e.